The third-order valence-corrected chi connectivity index (χ3v) is 4.41. The molecule has 0 saturated carbocycles. The number of para-hydroxylation sites is 1. The number of rotatable bonds is 3. The predicted molar refractivity (Wildman–Crippen MR) is 85.3 cm³/mol. The lowest BCUT2D eigenvalue weighted by Gasteiger charge is -2.17. The number of aryl methyl sites for hydroxylation is 2. The zero-order valence-electron chi connectivity index (χ0n) is 12.0. The number of benzene rings is 1. The molecule has 1 aliphatic rings. The Balaban J connectivity index is 1.74. The van der Waals surface area contributed by atoms with E-state index in [9.17, 15) is 0 Å². The van der Waals surface area contributed by atoms with Crippen LogP contribution < -0.4 is 5.32 Å². The van der Waals surface area contributed by atoms with E-state index < -0.39 is 0 Å². The van der Waals surface area contributed by atoms with Gasteiger partial charge in [0.1, 0.15) is 0 Å². The van der Waals surface area contributed by atoms with Crippen molar-refractivity contribution in [1.29, 1.82) is 0 Å². The van der Waals surface area contributed by atoms with Crippen LogP contribution in [0.25, 0.3) is 10.9 Å². The molecular weight excluding hydrogens is 258 g/mol. The molecule has 1 N–H and O–H groups in total. The fraction of sp³-hybridized carbons (Fsp3) is 0.278. The maximum absolute atomic E-state index is 4.10. The number of fused-ring (bicyclic) bond motifs is 3. The fourth-order valence-electron chi connectivity index (χ4n) is 3.38. The maximum atomic E-state index is 4.10. The lowest BCUT2D eigenvalue weighted by Crippen LogP contribution is -2.24. The number of hydrogen-bond acceptors (Lipinski definition) is 2. The molecule has 4 rings (SSSR count). The van der Waals surface area contributed by atoms with Gasteiger partial charge in [0.15, 0.2) is 0 Å². The zero-order chi connectivity index (χ0) is 14.1. The molecule has 3 aromatic rings. The summed E-state index contributed by atoms with van der Waals surface area (Å²) in [7, 11) is 0. The van der Waals surface area contributed by atoms with Crippen molar-refractivity contribution in [3.05, 3.63) is 65.6 Å². The summed E-state index contributed by atoms with van der Waals surface area (Å²) in [5.41, 5.74) is 5.74. The van der Waals surface area contributed by atoms with Gasteiger partial charge in [-0.3, -0.25) is 4.98 Å². The van der Waals surface area contributed by atoms with Crippen LogP contribution in [0.4, 0.5) is 0 Å². The zero-order valence-corrected chi connectivity index (χ0v) is 12.0. The van der Waals surface area contributed by atoms with Crippen molar-refractivity contribution in [2.24, 2.45) is 0 Å². The summed E-state index contributed by atoms with van der Waals surface area (Å²) >= 11 is 0. The van der Waals surface area contributed by atoms with Gasteiger partial charge in [-0.2, -0.15) is 0 Å². The van der Waals surface area contributed by atoms with Crippen LogP contribution in [0.5, 0.6) is 0 Å². The van der Waals surface area contributed by atoms with Crippen molar-refractivity contribution in [2.45, 2.75) is 25.9 Å². The molecule has 2 aromatic heterocycles. The van der Waals surface area contributed by atoms with Crippen molar-refractivity contribution < 1.29 is 0 Å². The van der Waals surface area contributed by atoms with E-state index in [1.54, 1.807) is 0 Å². The second kappa shape index (κ2) is 5.34. The molecule has 0 atom stereocenters. The Bertz CT molecular complexity index is 759. The van der Waals surface area contributed by atoms with Gasteiger partial charge in [-0.25, -0.2) is 0 Å². The van der Waals surface area contributed by atoms with Crippen molar-refractivity contribution in [3.8, 4) is 0 Å². The quantitative estimate of drug-likeness (QED) is 0.797. The maximum Gasteiger partial charge on any atom is 0.0486 e. The molecule has 0 amide bonds. The van der Waals surface area contributed by atoms with Gasteiger partial charge in [0, 0.05) is 55.0 Å². The van der Waals surface area contributed by atoms with Gasteiger partial charge in [0.05, 0.1) is 0 Å². The van der Waals surface area contributed by atoms with Gasteiger partial charge >= 0.3 is 0 Å². The Kier molecular flexibility index (Phi) is 3.20. The Morgan fingerprint density at radius 1 is 1.10 bits per heavy atom. The Hall–Kier alpha value is -2.13. The Morgan fingerprint density at radius 3 is 2.86 bits per heavy atom. The summed E-state index contributed by atoms with van der Waals surface area (Å²) in [6.07, 6.45) is 5.94. The lowest BCUT2D eigenvalue weighted by atomic mass is 10.1. The highest BCUT2D eigenvalue weighted by atomic mass is 15.0. The molecule has 3 heterocycles. The second-order valence-corrected chi connectivity index (χ2v) is 5.63. The van der Waals surface area contributed by atoms with Crippen LogP contribution >= 0.6 is 0 Å². The minimum atomic E-state index is 0.998. The van der Waals surface area contributed by atoms with Gasteiger partial charge < -0.3 is 9.88 Å². The largest absolute Gasteiger partial charge is 0.344 e. The molecule has 0 aliphatic carbocycles. The fourth-order valence-corrected chi connectivity index (χ4v) is 3.38. The van der Waals surface area contributed by atoms with E-state index in [0.29, 0.717) is 0 Å². The first-order chi connectivity index (χ1) is 10.4. The summed E-state index contributed by atoms with van der Waals surface area (Å²) in [6.45, 7) is 3.12. The molecule has 0 unspecified atom stereocenters. The lowest BCUT2D eigenvalue weighted by molar-refractivity contribution is 0.594. The Morgan fingerprint density at radius 2 is 1.95 bits per heavy atom. The summed E-state index contributed by atoms with van der Waals surface area (Å²) in [6, 6.07) is 13.0. The monoisotopic (exact) mass is 277 g/mol. The highest BCUT2D eigenvalue weighted by Gasteiger charge is 2.18. The van der Waals surface area contributed by atoms with Crippen molar-refractivity contribution in [3.63, 3.8) is 0 Å². The molecule has 0 spiro atoms. The predicted octanol–water partition coefficient (Wildman–Crippen LogP) is 2.92. The van der Waals surface area contributed by atoms with Crippen LogP contribution in [-0.4, -0.2) is 16.1 Å². The third-order valence-electron chi connectivity index (χ3n) is 4.41. The van der Waals surface area contributed by atoms with Crippen LogP contribution in [0.2, 0.25) is 0 Å². The number of nitrogens with one attached hydrogen (secondary N) is 1. The van der Waals surface area contributed by atoms with E-state index in [4.69, 9.17) is 0 Å². The van der Waals surface area contributed by atoms with E-state index in [1.165, 1.54) is 27.7 Å². The van der Waals surface area contributed by atoms with Gasteiger partial charge in [-0.15, -0.1) is 0 Å². The first-order valence-corrected chi connectivity index (χ1v) is 7.62. The third kappa shape index (κ3) is 2.24. The van der Waals surface area contributed by atoms with E-state index in [2.05, 4.69) is 51.3 Å². The van der Waals surface area contributed by atoms with Crippen LogP contribution in [0.3, 0.4) is 0 Å². The number of pyridine rings is 1. The Labute approximate surface area is 124 Å². The smallest absolute Gasteiger partial charge is 0.0486 e. The molecule has 3 nitrogen and oxygen atoms in total. The second-order valence-electron chi connectivity index (χ2n) is 5.63. The number of hydrogen-bond donors (Lipinski definition) is 1. The topological polar surface area (TPSA) is 29.9 Å². The summed E-state index contributed by atoms with van der Waals surface area (Å²) < 4.78 is 2.52. The minimum absolute atomic E-state index is 0.998. The van der Waals surface area contributed by atoms with Crippen molar-refractivity contribution in [2.75, 3.05) is 6.54 Å². The van der Waals surface area contributed by atoms with Gasteiger partial charge in [-0.1, -0.05) is 18.2 Å². The van der Waals surface area contributed by atoms with E-state index in [-0.39, 0.29) is 0 Å². The molecule has 0 saturated heterocycles. The molecule has 21 heavy (non-hydrogen) atoms. The first-order valence-electron chi connectivity index (χ1n) is 7.62. The molecule has 1 aliphatic heterocycles. The van der Waals surface area contributed by atoms with Gasteiger partial charge in [0.25, 0.3) is 0 Å². The number of aromatic nitrogens is 2. The van der Waals surface area contributed by atoms with Crippen LogP contribution in [0, 0.1) is 0 Å². The van der Waals surface area contributed by atoms with Crippen molar-refractivity contribution >= 4 is 10.9 Å². The van der Waals surface area contributed by atoms with E-state index in [0.717, 1.165) is 32.5 Å². The average Bonchev–Trinajstić information content (AvgIpc) is 2.88. The molecule has 106 valence electrons. The SMILES string of the molecule is c1ccc2c(c1)c1c(n2CCc2ccncc2)CCNC1. The molecule has 1 aromatic carbocycles. The van der Waals surface area contributed by atoms with Gasteiger partial charge in [-0.05, 0) is 35.7 Å². The molecule has 3 heteroatoms. The van der Waals surface area contributed by atoms with Crippen LogP contribution in [0.15, 0.2) is 48.8 Å². The van der Waals surface area contributed by atoms with Gasteiger partial charge in [0.2, 0.25) is 0 Å². The molecule has 0 bridgehead atoms. The van der Waals surface area contributed by atoms with Crippen LogP contribution in [-0.2, 0) is 25.9 Å². The van der Waals surface area contributed by atoms with E-state index >= 15 is 0 Å². The summed E-state index contributed by atoms with van der Waals surface area (Å²) in [5, 5.41) is 4.91. The highest BCUT2D eigenvalue weighted by Crippen LogP contribution is 2.28. The highest BCUT2D eigenvalue weighted by molar-refractivity contribution is 5.85. The van der Waals surface area contributed by atoms with Crippen molar-refractivity contribution in [1.82, 2.24) is 14.9 Å². The minimum Gasteiger partial charge on any atom is -0.344 e. The summed E-state index contributed by atoms with van der Waals surface area (Å²) in [5.74, 6) is 0. The molecular formula is C18H19N3. The molecule has 0 fully saturated rings. The van der Waals surface area contributed by atoms with Crippen LogP contribution in [0.1, 0.15) is 16.8 Å². The number of nitrogens with zero attached hydrogens (tertiary/aromatic N) is 2. The standard InChI is InChI=1S/C18H19N3/c1-2-4-17-15(3-1)16-13-20-11-7-18(16)21(17)12-8-14-5-9-19-10-6-14/h1-6,9-10,20H,7-8,11-13H2. The van der Waals surface area contributed by atoms with E-state index in [1.807, 2.05) is 12.4 Å². The first kappa shape index (κ1) is 12.6. The summed E-state index contributed by atoms with van der Waals surface area (Å²) in [4.78, 5) is 4.10. The normalized spacial score (nSPS) is 14.3. The molecule has 0 radical (unpaired) electrons. The average molecular weight is 277 g/mol.